The van der Waals surface area contributed by atoms with Gasteiger partial charge in [0.1, 0.15) is 5.76 Å². The van der Waals surface area contributed by atoms with Crippen molar-refractivity contribution in [1.82, 2.24) is 0 Å². The number of rotatable bonds is 4. The molecule has 0 saturated heterocycles. The van der Waals surface area contributed by atoms with Crippen LogP contribution >= 0.6 is 0 Å². The van der Waals surface area contributed by atoms with E-state index in [1.54, 1.807) is 13.8 Å². The number of esters is 1. The first-order valence-electron chi connectivity index (χ1n) is 4.08. The minimum atomic E-state index is -0.351. The molecule has 0 radical (unpaired) electrons. The van der Waals surface area contributed by atoms with Gasteiger partial charge in [0.25, 0.3) is 0 Å². The highest BCUT2D eigenvalue weighted by atomic mass is 16.5. The number of hydrogen-bond donors (Lipinski definition) is 0. The molecule has 0 saturated carbocycles. The van der Waals surface area contributed by atoms with Gasteiger partial charge in [-0.05, 0) is 27.7 Å². The van der Waals surface area contributed by atoms with Crippen LogP contribution in [0, 0.1) is 0 Å². The molecule has 0 atom stereocenters. The molecule has 0 aliphatic rings. The summed E-state index contributed by atoms with van der Waals surface area (Å²) in [5.74, 6) is 0.235. The van der Waals surface area contributed by atoms with E-state index in [0.717, 1.165) is 0 Å². The standard InChI is InChI=1S/C9H16O3/c1-5-11-9(10)6-8(4)12-7(2)3/h6-7H,5H2,1-4H3/b8-6+. The minimum Gasteiger partial charge on any atom is -0.495 e. The molecule has 12 heavy (non-hydrogen) atoms. The Morgan fingerprint density at radius 2 is 2.08 bits per heavy atom. The van der Waals surface area contributed by atoms with Crippen LogP contribution in [0.3, 0.4) is 0 Å². The van der Waals surface area contributed by atoms with Crippen LogP contribution in [-0.4, -0.2) is 18.7 Å². The first-order valence-corrected chi connectivity index (χ1v) is 4.08. The summed E-state index contributed by atoms with van der Waals surface area (Å²) in [6.07, 6.45) is 1.44. The van der Waals surface area contributed by atoms with Crippen LogP contribution in [0.15, 0.2) is 11.8 Å². The molecule has 0 aliphatic carbocycles. The van der Waals surface area contributed by atoms with E-state index in [1.165, 1.54) is 6.08 Å². The molecule has 0 N–H and O–H groups in total. The SMILES string of the molecule is CCOC(=O)/C=C(\C)OC(C)C. The second-order valence-electron chi connectivity index (χ2n) is 2.67. The van der Waals surface area contributed by atoms with Gasteiger partial charge in [0.2, 0.25) is 0 Å². The maximum atomic E-state index is 10.9. The molecule has 0 heterocycles. The third kappa shape index (κ3) is 5.77. The molecular weight excluding hydrogens is 156 g/mol. The highest BCUT2D eigenvalue weighted by Crippen LogP contribution is 2.00. The van der Waals surface area contributed by atoms with Gasteiger partial charge in [0.15, 0.2) is 0 Å². The maximum Gasteiger partial charge on any atom is 0.334 e. The fraction of sp³-hybridized carbons (Fsp3) is 0.667. The van der Waals surface area contributed by atoms with Crippen LogP contribution in [0.5, 0.6) is 0 Å². The van der Waals surface area contributed by atoms with Crippen molar-refractivity contribution in [2.45, 2.75) is 33.8 Å². The number of hydrogen-bond acceptors (Lipinski definition) is 3. The number of carbonyl (C=O) groups excluding carboxylic acids is 1. The van der Waals surface area contributed by atoms with Crippen molar-refractivity contribution in [3.05, 3.63) is 11.8 Å². The molecule has 0 unspecified atom stereocenters. The van der Waals surface area contributed by atoms with Crippen molar-refractivity contribution >= 4 is 5.97 Å². The van der Waals surface area contributed by atoms with Crippen molar-refractivity contribution in [3.63, 3.8) is 0 Å². The molecular formula is C9H16O3. The van der Waals surface area contributed by atoms with Crippen LogP contribution in [0.4, 0.5) is 0 Å². The second kappa shape index (κ2) is 5.63. The summed E-state index contributed by atoms with van der Waals surface area (Å²) in [7, 11) is 0. The minimum absolute atomic E-state index is 0.0932. The van der Waals surface area contributed by atoms with Gasteiger partial charge in [0.05, 0.1) is 18.8 Å². The van der Waals surface area contributed by atoms with E-state index >= 15 is 0 Å². The topological polar surface area (TPSA) is 35.5 Å². The maximum absolute atomic E-state index is 10.9. The van der Waals surface area contributed by atoms with Gasteiger partial charge in [-0.2, -0.15) is 0 Å². The van der Waals surface area contributed by atoms with Crippen molar-refractivity contribution in [3.8, 4) is 0 Å². The quantitative estimate of drug-likeness (QED) is 0.369. The molecule has 0 aromatic rings. The number of ether oxygens (including phenoxy) is 2. The summed E-state index contributed by atoms with van der Waals surface area (Å²) in [6.45, 7) is 7.70. The molecule has 70 valence electrons. The molecule has 0 bridgehead atoms. The number of carbonyl (C=O) groups is 1. The first kappa shape index (κ1) is 11.0. The van der Waals surface area contributed by atoms with Gasteiger partial charge < -0.3 is 9.47 Å². The summed E-state index contributed by atoms with van der Waals surface area (Å²) in [5.41, 5.74) is 0. The van der Waals surface area contributed by atoms with Crippen LogP contribution < -0.4 is 0 Å². The predicted molar refractivity (Wildman–Crippen MR) is 46.6 cm³/mol. The summed E-state index contributed by atoms with van der Waals surface area (Å²) in [4.78, 5) is 10.9. The lowest BCUT2D eigenvalue weighted by atomic mass is 10.4. The first-order chi connectivity index (χ1) is 5.56. The van der Waals surface area contributed by atoms with Gasteiger partial charge in [-0.3, -0.25) is 0 Å². The summed E-state index contributed by atoms with van der Waals surface area (Å²) < 4.78 is 9.93. The Hall–Kier alpha value is -0.990. The Morgan fingerprint density at radius 3 is 2.50 bits per heavy atom. The summed E-state index contributed by atoms with van der Waals surface area (Å²) >= 11 is 0. The van der Waals surface area contributed by atoms with Gasteiger partial charge in [0, 0.05) is 0 Å². The van der Waals surface area contributed by atoms with Crippen LogP contribution in [-0.2, 0) is 14.3 Å². The van der Waals surface area contributed by atoms with Crippen molar-refractivity contribution in [2.24, 2.45) is 0 Å². The molecule has 0 aromatic heterocycles. The largest absolute Gasteiger partial charge is 0.495 e. The lowest BCUT2D eigenvalue weighted by Crippen LogP contribution is -2.04. The van der Waals surface area contributed by atoms with E-state index in [4.69, 9.17) is 9.47 Å². The molecule has 3 heteroatoms. The Kier molecular flexibility index (Phi) is 5.17. The lowest BCUT2D eigenvalue weighted by Gasteiger charge is -2.08. The fourth-order valence-electron chi connectivity index (χ4n) is 0.756. The molecule has 3 nitrogen and oxygen atoms in total. The summed E-state index contributed by atoms with van der Waals surface area (Å²) in [5, 5.41) is 0. The van der Waals surface area contributed by atoms with Gasteiger partial charge in [-0.1, -0.05) is 0 Å². The smallest absolute Gasteiger partial charge is 0.334 e. The summed E-state index contributed by atoms with van der Waals surface area (Å²) in [6, 6.07) is 0. The molecule has 0 aliphatic heterocycles. The lowest BCUT2D eigenvalue weighted by molar-refractivity contribution is -0.137. The van der Waals surface area contributed by atoms with E-state index in [1.807, 2.05) is 13.8 Å². The van der Waals surface area contributed by atoms with Crippen molar-refractivity contribution in [1.29, 1.82) is 0 Å². The fourth-order valence-corrected chi connectivity index (χ4v) is 0.756. The van der Waals surface area contributed by atoms with Crippen molar-refractivity contribution in [2.75, 3.05) is 6.61 Å². The Bertz CT molecular complexity index is 171. The average Bonchev–Trinajstić information content (AvgIpc) is 1.84. The molecule has 0 fully saturated rings. The number of allylic oxidation sites excluding steroid dienone is 1. The monoisotopic (exact) mass is 172 g/mol. The third-order valence-corrected chi connectivity index (χ3v) is 1.03. The molecule has 0 aromatic carbocycles. The van der Waals surface area contributed by atoms with E-state index in [2.05, 4.69) is 0 Å². The highest BCUT2D eigenvalue weighted by Gasteiger charge is 1.99. The Morgan fingerprint density at radius 1 is 1.50 bits per heavy atom. The van der Waals surface area contributed by atoms with Gasteiger partial charge in [-0.25, -0.2) is 4.79 Å². The highest BCUT2D eigenvalue weighted by molar-refractivity contribution is 5.82. The van der Waals surface area contributed by atoms with E-state index in [0.29, 0.717) is 12.4 Å². The van der Waals surface area contributed by atoms with E-state index in [9.17, 15) is 4.79 Å². The molecule has 0 amide bonds. The normalized spacial score (nSPS) is 11.6. The van der Waals surface area contributed by atoms with Crippen LogP contribution in [0.25, 0.3) is 0 Å². The van der Waals surface area contributed by atoms with E-state index < -0.39 is 0 Å². The van der Waals surface area contributed by atoms with Crippen LogP contribution in [0.2, 0.25) is 0 Å². The zero-order valence-electron chi connectivity index (χ0n) is 8.09. The average molecular weight is 172 g/mol. The third-order valence-electron chi connectivity index (χ3n) is 1.03. The van der Waals surface area contributed by atoms with Gasteiger partial charge >= 0.3 is 5.97 Å². The van der Waals surface area contributed by atoms with Gasteiger partial charge in [-0.15, -0.1) is 0 Å². The molecule has 0 spiro atoms. The Balaban J connectivity index is 3.89. The molecule has 0 rings (SSSR count). The van der Waals surface area contributed by atoms with Crippen LogP contribution in [0.1, 0.15) is 27.7 Å². The second-order valence-corrected chi connectivity index (χ2v) is 2.67. The Labute approximate surface area is 73.4 Å². The predicted octanol–water partition coefficient (Wildman–Crippen LogP) is 1.88. The zero-order valence-corrected chi connectivity index (χ0v) is 8.09. The van der Waals surface area contributed by atoms with Crippen molar-refractivity contribution < 1.29 is 14.3 Å². The van der Waals surface area contributed by atoms with E-state index in [-0.39, 0.29) is 12.1 Å². The zero-order chi connectivity index (χ0) is 9.56.